The fraction of sp³-hybridized carbons (Fsp3) is 0.0667. The molecule has 0 aliphatic heterocycles. The van der Waals surface area contributed by atoms with E-state index in [1.807, 2.05) is 12.1 Å². The third-order valence-corrected chi connectivity index (χ3v) is 4.40. The van der Waals surface area contributed by atoms with Crippen LogP contribution in [0.3, 0.4) is 0 Å². The number of benzene rings is 2. The minimum atomic E-state index is -0.382. The molecular weight excluding hydrogens is 397 g/mol. The van der Waals surface area contributed by atoms with Crippen LogP contribution >= 0.6 is 27.7 Å². The highest BCUT2D eigenvalue weighted by molar-refractivity contribution is 9.10. The fourth-order valence-corrected chi connectivity index (χ4v) is 2.85. The number of carbonyl (C=O) groups is 1. The molecule has 3 rings (SSSR count). The number of thioether (sulfide) groups is 1. The second-order valence-corrected chi connectivity index (χ2v) is 6.56. The van der Waals surface area contributed by atoms with Gasteiger partial charge in [-0.3, -0.25) is 4.79 Å². The molecule has 1 aromatic heterocycles. The lowest BCUT2D eigenvalue weighted by atomic mass is 10.3. The average molecular weight is 408 g/mol. The molecule has 0 aliphatic rings. The van der Waals surface area contributed by atoms with E-state index in [2.05, 4.69) is 36.8 Å². The Bertz CT molecular complexity index is 855. The summed E-state index contributed by atoms with van der Waals surface area (Å²) < 4.78 is 15.6. The molecule has 122 valence electrons. The van der Waals surface area contributed by atoms with Crippen molar-refractivity contribution in [2.45, 2.75) is 5.16 Å². The van der Waals surface area contributed by atoms with E-state index in [4.69, 9.17) is 0 Å². The van der Waals surface area contributed by atoms with Crippen LogP contribution in [0.5, 0.6) is 0 Å². The molecule has 6 nitrogen and oxygen atoms in total. The molecule has 0 aliphatic carbocycles. The van der Waals surface area contributed by atoms with Crippen molar-refractivity contribution in [1.29, 1.82) is 0 Å². The number of aromatic nitrogens is 4. The number of halogens is 2. The summed E-state index contributed by atoms with van der Waals surface area (Å²) >= 11 is 4.50. The third kappa shape index (κ3) is 4.18. The maximum atomic E-state index is 13.3. The summed E-state index contributed by atoms with van der Waals surface area (Å²) in [6, 6.07) is 13.2. The number of hydrogen-bond donors (Lipinski definition) is 1. The van der Waals surface area contributed by atoms with Crippen LogP contribution in [0.1, 0.15) is 0 Å². The molecule has 0 spiro atoms. The monoisotopic (exact) mass is 407 g/mol. The standard InChI is InChI=1S/C15H11BrFN5OS/c16-10-4-6-12(7-5-10)18-14(23)9-24-15-19-20-21-22(15)13-3-1-2-11(17)8-13/h1-8H,9H2,(H,18,23). The van der Waals surface area contributed by atoms with Gasteiger partial charge in [-0.2, -0.15) is 4.68 Å². The molecule has 0 saturated heterocycles. The van der Waals surface area contributed by atoms with Crippen molar-refractivity contribution < 1.29 is 9.18 Å². The summed E-state index contributed by atoms with van der Waals surface area (Å²) in [6.07, 6.45) is 0. The van der Waals surface area contributed by atoms with Crippen molar-refractivity contribution in [3.05, 3.63) is 58.8 Å². The molecule has 2 aromatic carbocycles. The predicted molar refractivity (Wildman–Crippen MR) is 92.6 cm³/mol. The SMILES string of the molecule is O=C(CSc1nnnn1-c1cccc(F)c1)Nc1ccc(Br)cc1. The summed E-state index contributed by atoms with van der Waals surface area (Å²) in [5.74, 6) is -0.436. The van der Waals surface area contributed by atoms with E-state index >= 15 is 0 Å². The Balaban J connectivity index is 1.64. The van der Waals surface area contributed by atoms with Gasteiger partial charge in [-0.15, -0.1) is 5.10 Å². The minimum Gasteiger partial charge on any atom is -0.325 e. The molecule has 0 atom stereocenters. The Morgan fingerprint density at radius 1 is 1.25 bits per heavy atom. The van der Waals surface area contributed by atoms with E-state index in [1.54, 1.807) is 24.3 Å². The lowest BCUT2D eigenvalue weighted by molar-refractivity contribution is -0.113. The molecule has 1 N–H and O–H groups in total. The Morgan fingerprint density at radius 3 is 2.79 bits per heavy atom. The van der Waals surface area contributed by atoms with Crippen LogP contribution in [0, 0.1) is 5.82 Å². The molecular formula is C15H11BrFN5OS. The van der Waals surface area contributed by atoms with Crippen LogP contribution < -0.4 is 5.32 Å². The van der Waals surface area contributed by atoms with E-state index in [0.717, 1.165) is 4.47 Å². The number of nitrogens with one attached hydrogen (secondary N) is 1. The number of tetrazole rings is 1. The Labute approximate surface area is 149 Å². The predicted octanol–water partition coefficient (Wildman–Crippen LogP) is 3.29. The highest BCUT2D eigenvalue weighted by atomic mass is 79.9. The van der Waals surface area contributed by atoms with Crippen molar-refractivity contribution in [1.82, 2.24) is 20.2 Å². The Morgan fingerprint density at radius 2 is 2.04 bits per heavy atom. The van der Waals surface area contributed by atoms with E-state index in [0.29, 0.717) is 16.5 Å². The van der Waals surface area contributed by atoms with Crippen LogP contribution in [0.25, 0.3) is 5.69 Å². The summed E-state index contributed by atoms with van der Waals surface area (Å²) in [7, 11) is 0. The lowest BCUT2D eigenvalue weighted by Crippen LogP contribution is -2.14. The van der Waals surface area contributed by atoms with Crippen molar-refractivity contribution >= 4 is 39.3 Å². The van der Waals surface area contributed by atoms with Crippen LogP contribution in [0.2, 0.25) is 0 Å². The number of amides is 1. The molecule has 3 aromatic rings. The normalized spacial score (nSPS) is 10.6. The number of carbonyl (C=O) groups excluding carboxylic acids is 1. The van der Waals surface area contributed by atoms with Gasteiger partial charge in [0.1, 0.15) is 5.82 Å². The van der Waals surface area contributed by atoms with Gasteiger partial charge in [-0.05, 0) is 52.9 Å². The van der Waals surface area contributed by atoms with Crippen molar-refractivity contribution in [3.63, 3.8) is 0 Å². The summed E-state index contributed by atoms with van der Waals surface area (Å²) in [4.78, 5) is 12.0. The first-order chi connectivity index (χ1) is 11.6. The Hall–Kier alpha value is -2.26. The first-order valence-corrected chi connectivity index (χ1v) is 8.62. The van der Waals surface area contributed by atoms with E-state index < -0.39 is 0 Å². The third-order valence-electron chi connectivity index (χ3n) is 2.95. The molecule has 9 heteroatoms. The largest absolute Gasteiger partial charge is 0.325 e. The summed E-state index contributed by atoms with van der Waals surface area (Å²) in [6.45, 7) is 0. The van der Waals surface area contributed by atoms with Gasteiger partial charge in [0.15, 0.2) is 0 Å². The number of anilines is 1. The summed E-state index contributed by atoms with van der Waals surface area (Å²) in [5, 5.41) is 14.5. The van der Waals surface area contributed by atoms with Gasteiger partial charge in [-0.25, -0.2) is 4.39 Å². The number of rotatable bonds is 5. The maximum absolute atomic E-state index is 13.3. The van der Waals surface area contributed by atoms with Gasteiger partial charge in [-0.1, -0.05) is 33.8 Å². The van der Waals surface area contributed by atoms with Crippen LogP contribution in [-0.4, -0.2) is 31.9 Å². The van der Waals surface area contributed by atoms with E-state index in [1.165, 1.54) is 28.6 Å². The van der Waals surface area contributed by atoms with Crippen LogP contribution in [0.15, 0.2) is 58.2 Å². The molecule has 0 bridgehead atoms. The van der Waals surface area contributed by atoms with Crippen molar-refractivity contribution in [2.75, 3.05) is 11.1 Å². The van der Waals surface area contributed by atoms with Crippen LogP contribution in [-0.2, 0) is 4.79 Å². The topological polar surface area (TPSA) is 72.7 Å². The fourth-order valence-electron chi connectivity index (χ4n) is 1.90. The van der Waals surface area contributed by atoms with Crippen molar-refractivity contribution in [3.8, 4) is 5.69 Å². The van der Waals surface area contributed by atoms with Gasteiger partial charge in [0, 0.05) is 10.2 Å². The van der Waals surface area contributed by atoms with Gasteiger partial charge in [0.25, 0.3) is 0 Å². The van der Waals surface area contributed by atoms with E-state index in [-0.39, 0.29) is 17.5 Å². The number of nitrogens with zero attached hydrogens (tertiary/aromatic N) is 4. The smallest absolute Gasteiger partial charge is 0.234 e. The molecule has 0 fully saturated rings. The quantitative estimate of drug-likeness (QED) is 0.656. The highest BCUT2D eigenvalue weighted by Gasteiger charge is 2.12. The van der Waals surface area contributed by atoms with Gasteiger partial charge >= 0.3 is 0 Å². The van der Waals surface area contributed by atoms with E-state index in [9.17, 15) is 9.18 Å². The zero-order chi connectivity index (χ0) is 16.9. The molecule has 1 heterocycles. The molecule has 0 unspecified atom stereocenters. The first kappa shape index (κ1) is 16.6. The molecule has 0 radical (unpaired) electrons. The van der Waals surface area contributed by atoms with Gasteiger partial charge in [0.05, 0.1) is 11.4 Å². The zero-order valence-corrected chi connectivity index (χ0v) is 14.6. The minimum absolute atomic E-state index is 0.131. The number of hydrogen-bond acceptors (Lipinski definition) is 5. The molecule has 1 amide bonds. The second-order valence-electron chi connectivity index (χ2n) is 4.70. The second kappa shape index (κ2) is 7.54. The molecule has 24 heavy (non-hydrogen) atoms. The van der Waals surface area contributed by atoms with Crippen molar-refractivity contribution in [2.24, 2.45) is 0 Å². The van der Waals surface area contributed by atoms with Crippen LogP contribution in [0.4, 0.5) is 10.1 Å². The highest BCUT2D eigenvalue weighted by Crippen LogP contribution is 2.19. The summed E-state index contributed by atoms with van der Waals surface area (Å²) in [5.41, 5.74) is 1.20. The first-order valence-electron chi connectivity index (χ1n) is 6.84. The Kier molecular flexibility index (Phi) is 5.21. The maximum Gasteiger partial charge on any atom is 0.234 e. The molecule has 0 saturated carbocycles. The lowest BCUT2D eigenvalue weighted by Gasteiger charge is -2.06. The van der Waals surface area contributed by atoms with Gasteiger partial charge < -0.3 is 5.32 Å². The zero-order valence-electron chi connectivity index (χ0n) is 12.2. The van der Waals surface area contributed by atoms with Gasteiger partial charge in [0.2, 0.25) is 11.1 Å². The average Bonchev–Trinajstić information content (AvgIpc) is 3.04.